The molecule has 2 fully saturated rings. The lowest BCUT2D eigenvalue weighted by Crippen LogP contribution is -2.38. The Balaban J connectivity index is 0.000000224. The van der Waals surface area contributed by atoms with Gasteiger partial charge in [-0.25, -0.2) is 19.2 Å². The zero-order chi connectivity index (χ0) is 77.8. The number of fused-ring (bicyclic) bond motifs is 2. The second-order valence-electron chi connectivity index (χ2n) is 32.3. The third-order valence-corrected chi connectivity index (χ3v) is 25.8. The summed E-state index contributed by atoms with van der Waals surface area (Å²) in [5.41, 5.74) is 10.3. The van der Waals surface area contributed by atoms with Crippen LogP contribution in [0.15, 0.2) is 178 Å². The van der Waals surface area contributed by atoms with E-state index in [9.17, 15) is 19.2 Å². The molecule has 14 nitrogen and oxygen atoms in total. The van der Waals surface area contributed by atoms with Crippen molar-refractivity contribution in [2.45, 2.75) is 236 Å². The second kappa shape index (κ2) is 40.1. The van der Waals surface area contributed by atoms with Crippen molar-refractivity contribution in [3.05, 3.63) is 213 Å². The van der Waals surface area contributed by atoms with Gasteiger partial charge in [-0.3, -0.25) is 9.98 Å². The summed E-state index contributed by atoms with van der Waals surface area (Å²) in [4.78, 5) is 64.8. The summed E-state index contributed by atoms with van der Waals surface area (Å²) >= 11 is 5.79. The number of nitrogens with zero attached hydrogens (tertiary/aromatic N) is 2. The van der Waals surface area contributed by atoms with Gasteiger partial charge in [0.15, 0.2) is 11.6 Å². The summed E-state index contributed by atoms with van der Waals surface area (Å²) in [7, 11) is -2.65. The van der Waals surface area contributed by atoms with E-state index in [0.29, 0.717) is 71.8 Å². The van der Waals surface area contributed by atoms with E-state index in [0.717, 1.165) is 79.9 Å². The molecule has 0 saturated carbocycles. The number of halogens is 1. The van der Waals surface area contributed by atoms with E-state index in [1.54, 1.807) is 47.8 Å². The van der Waals surface area contributed by atoms with Gasteiger partial charge in [-0.2, -0.15) is 0 Å². The smallest absolute Gasteiger partial charge is 0.338 e. The molecule has 9 atom stereocenters. The average molecular weight is 1640 g/mol. The number of carbonyl (C=O) groups excluding carboxylic acids is 4. The van der Waals surface area contributed by atoms with Crippen molar-refractivity contribution in [3.63, 3.8) is 0 Å². The number of hydrogen-bond donors (Lipinski definition) is 0. The first-order chi connectivity index (χ1) is 50.7. The van der Waals surface area contributed by atoms with Crippen LogP contribution >= 0.6 is 46.1 Å². The van der Waals surface area contributed by atoms with E-state index >= 15 is 0 Å². The minimum atomic E-state index is -1.41. The van der Waals surface area contributed by atoms with Gasteiger partial charge >= 0.3 is 23.9 Å². The average Bonchev–Trinajstić information content (AvgIpc) is 1.76. The van der Waals surface area contributed by atoms with E-state index < -0.39 is 58.1 Å². The number of hydrogen-bond acceptors (Lipinski definition) is 16. The van der Waals surface area contributed by atoms with Crippen LogP contribution in [0.2, 0.25) is 51.4 Å². The normalized spacial score (nSPS) is 19.1. The predicted octanol–water partition coefficient (Wildman–Crippen LogP) is 22.4. The summed E-state index contributed by atoms with van der Waals surface area (Å²) in [6.45, 7) is 39.3. The van der Waals surface area contributed by atoms with Gasteiger partial charge in [0.25, 0.3) is 0 Å². The van der Waals surface area contributed by atoms with Gasteiger partial charge in [-0.15, -0.1) is 23.5 Å². The zero-order valence-corrected chi connectivity index (χ0v) is 72.1. The summed E-state index contributed by atoms with van der Waals surface area (Å²) in [6, 6.07) is 44.7. The maximum absolute atomic E-state index is 14.0. The molecule has 107 heavy (non-hydrogen) atoms. The first-order valence-electron chi connectivity index (χ1n) is 38.0. The molecule has 0 bridgehead atoms. The highest BCUT2D eigenvalue weighted by Gasteiger charge is 2.48. The van der Waals surface area contributed by atoms with Crippen molar-refractivity contribution < 1.29 is 57.1 Å². The molecule has 4 aliphatic heterocycles. The molecule has 0 aliphatic carbocycles. The van der Waals surface area contributed by atoms with E-state index in [1.807, 2.05) is 139 Å². The summed E-state index contributed by atoms with van der Waals surface area (Å²) < 4.78 is 50.2. The van der Waals surface area contributed by atoms with Gasteiger partial charge in [0.1, 0.15) is 24.4 Å². The number of thioether (sulfide) groups is 2. The Kier molecular flexibility index (Phi) is 32.3. The first kappa shape index (κ1) is 86.3. The predicted molar refractivity (Wildman–Crippen MR) is 452 cm³/mol. The zero-order valence-electron chi connectivity index (χ0n) is 66.3. The van der Waals surface area contributed by atoms with Crippen LogP contribution in [-0.2, 0) is 56.5 Å². The number of ether oxygens (including phenoxy) is 8. The molecule has 6 aromatic rings. The molecule has 10 rings (SSSR count). The van der Waals surface area contributed by atoms with E-state index in [2.05, 4.69) is 157 Å². The van der Waals surface area contributed by atoms with Gasteiger partial charge in [0.05, 0.1) is 59.1 Å². The number of esters is 4. The number of rotatable bonds is 31. The number of carbonyl (C=O) groups is 4. The molecular formula is C88H115IN2O12S2Si2. The van der Waals surface area contributed by atoms with Gasteiger partial charge < -0.3 is 37.9 Å². The highest BCUT2D eigenvalue weighted by atomic mass is 127. The fourth-order valence-electron chi connectivity index (χ4n) is 12.7. The van der Waals surface area contributed by atoms with Crippen LogP contribution in [0, 0.1) is 37.5 Å². The summed E-state index contributed by atoms with van der Waals surface area (Å²) in [5, 5.41) is -0.157. The molecule has 0 amide bonds. The lowest BCUT2D eigenvalue weighted by atomic mass is 9.91. The summed E-state index contributed by atoms with van der Waals surface area (Å²) in [5.74, 6) is -0.564. The van der Waals surface area contributed by atoms with Crippen LogP contribution < -0.4 is 0 Å². The van der Waals surface area contributed by atoms with Gasteiger partial charge in [0.2, 0.25) is 0 Å². The van der Waals surface area contributed by atoms with Crippen LogP contribution in [0.4, 0.5) is 11.4 Å². The lowest BCUT2D eigenvalue weighted by Gasteiger charge is -2.27. The Bertz CT molecular complexity index is 4030. The van der Waals surface area contributed by atoms with Crippen LogP contribution in [0.5, 0.6) is 0 Å². The summed E-state index contributed by atoms with van der Waals surface area (Å²) in [6.07, 6.45) is 13.1. The minimum absolute atomic E-state index is 0.107. The molecule has 4 heterocycles. The SMILES string of the molecule is CC(C)[C@H](C)/C=C\C(OC(=O)c1ccccc1)[C@H]1OC(C)(C)O[C@H]1CCI.Cc1cc2c(c(C(CC[C@@H]3OC(C)(C)O[C@@H]3C(/C=C\[C@@H](C)C(C)C)OC(=O)c3ccccc3)Sc3ccccc3)c1C(=O)OCC[Si](C)(C)C)N=CC2.Cc1cc2c(c(CSc3ccccc3)c1C(=O)OCC[Si](C)(C)C)N=CC2. The maximum Gasteiger partial charge on any atom is 0.338 e. The number of aliphatic imine (C=N–C) groups is 2. The number of aryl methyl sites for hydroxylation is 2. The molecule has 0 aromatic heterocycles. The molecule has 6 aromatic carbocycles. The third kappa shape index (κ3) is 26.2. The molecular weight excluding hydrogens is 1520 g/mol. The quantitative estimate of drug-likeness (QED) is 0.00767. The number of alkyl halides is 1. The molecule has 2 saturated heterocycles. The van der Waals surface area contributed by atoms with E-state index in [1.165, 1.54) is 10.5 Å². The van der Waals surface area contributed by atoms with Crippen LogP contribution in [0.3, 0.4) is 0 Å². The Morgan fingerprint density at radius 2 is 0.953 bits per heavy atom. The van der Waals surface area contributed by atoms with E-state index in [-0.39, 0.29) is 41.3 Å². The number of allylic oxidation sites excluding steroid dienone is 2. The van der Waals surface area contributed by atoms with Crippen LogP contribution in [0.25, 0.3) is 0 Å². The Morgan fingerprint density at radius 1 is 0.542 bits per heavy atom. The highest BCUT2D eigenvalue weighted by molar-refractivity contribution is 14.1. The van der Waals surface area contributed by atoms with Gasteiger partial charge in [0, 0.05) is 77.8 Å². The van der Waals surface area contributed by atoms with E-state index in [4.69, 9.17) is 42.9 Å². The van der Waals surface area contributed by atoms with Crippen LogP contribution in [-0.4, -0.2) is 118 Å². The molecule has 4 aliphatic rings. The molecule has 576 valence electrons. The molecule has 19 heteroatoms. The third-order valence-electron chi connectivity index (χ3n) is 19.4. The van der Waals surface area contributed by atoms with Crippen molar-refractivity contribution in [2.75, 3.05) is 17.6 Å². The van der Waals surface area contributed by atoms with Crippen LogP contribution in [0.1, 0.15) is 169 Å². The van der Waals surface area contributed by atoms with Crippen molar-refractivity contribution in [3.8, 4) is 0 Å². The molecule has 0 N–H and O–H groups in total. The number of benzene rings is 6. The first-order valence-corrected chi connectivity index (χ1v) is 48.8. The minimum Gasteiger partial charge on any atom is -0.462 e. The highest BCUT2D eigenvalue weighted by Crippen LogP contribution is 2.49. The standard InChI is InChI=1S/C44H57NO6SSi.C22H31IO4.C22H27NO2SSi/c1-29(2)30(3)20-21-35(49-42(46)32-16-12-10-13-17-32)41-36(50-44(5,6)51-41)22-23-37(52-34-18-14-11-15-19-34)39-38(43(47)48-26-27-53(7,8)9)31(4)28-33-24-25-45-40(33)39;1-15(2)16(3)11-12-18(25-21(24)17-9-7-6-8-10-17)20-19(13-14-23)26-22(4,5)27-20;1-16-14-17-10-11-23-21(17)19(15-26-18-8-6-5-7-9-18)20(16)22(24)25-12-13-27(2,3)4/h10-21,25,28-30,35-37,41H,22-24,26-27H2,1-9H3;6-12,15-16,18-20H,13-14H2,1-5H3;5-9,11,14H,10,12-13,15H2,1-4H3/b21-20-;12-11-;/t30-,35?,36+,37?,41-;16-,18?,19+,20-;/m11./s1. The largest absolute Gasteiger partial charge is 0.462 e. The fraction of sp³-hybridized carbons (Fsp3) is 0.477. The Hall–Kier alpha value is -6.28. The topological polar surface area (TPSA) is 167 Å². The second-order valence-corrected chi connectivity index (χ2v) is 46.9. The van der Waals surface area contributed by atoms with Crippen molar-refractivity contribution in [1.82, 2.24) is 0 Å². The fourth-order valence-corrected chi connectivity index (χ4v) is 17.0. The van der Waals surface area contributed by atoms with Crippen molar-refractivity contribution >= 4 is 110 Å². The maximum atomic E-state index is 14.0. The molecule has 3 unspecified atom stereocenters. The lowest BCUT2D eigenvalue weighted by molar-refractivity contribution is -0.153. The van der Waals surface area contributed by atoms with Crippen molar-refractivity contribution in [1.29, 1.82) is 0 Å². The van der Waals surface area contributed by atoms with Gasteiger partial charge in [-0.05, 0) is 180 Å². The molecule has 0 radical (unpaired) electrons. The van der Waals surface area contributed by atoms with Gasteiger partial charge in [-0.1, -0.05) is 200 Å². The molecule has 0 spiro atoms. The Morgan fingerprint density at radius 3 is 1.40 bits per heavy atom. The Labute approximate surface area is 662 Å². The van der Waals surface area contributed by atoms with Crippen molar-refractivity contribution in [2.24, 2.45) is 33.7 Å². The monoisotopic (exact) mass is 1640 g/mol.